The van der Waals surface area contributed by atoms with E-state index in [2.05, 4.69) is 20.9 Å². The van der Waals surface area contributed by atoms with Crippen LogP contribution >= 0.6 is 27.5 Å². The van der Waals surface area contributed by atoms with E-state index >= 15 is 0 Å². The summed E-state index contributed by atoms with van der Waals surface area (Å²) < 4.78 is 17.3. The molecule has 3 rings (SSSR count). The molecule has 3 N–H and O–H groups in total. The molecular weight excluding hydrogens is 386 g/mol. The summed E-state index contributed by atoms with van der Waals surface area (Å²) in [6.45, 7) is 0.179. The zero-order chi connectivity index (χ0) is 16.6. The number of benzene rings is 1. The van der Waals surface area contributed by atoms with Crippen LogP contribution in [0.4, 0.5) is 0 Å². The van der Waals surface area contributed by atoms with Crippen LogP contribution in [0.2, 0.25) is 5.15 Å². The number of nitrogens with two attached hydrogens (primary N) is 1. The predicted molar refractivity (Wildman–Crippen MR) is 89.7 cm³/mol. The maximum absolute atomic E-state index is 7.30. The van der Waals surface area contributed by atoms with Gasteiger partial charge in [0.2, 0.25) is 0 Å². The summed E-state index contributed by atoms with van der Waals surface area (Å²) in [6.07, 6.45) is 0. The number of aromatic nitrogens is 1. The molecule has 0 aliphatic carbocycles. The van der Waals surface area contributed by atoms with Crippen molar-refractivity contribution in [2.45, 2.75) is 5.92 Å². The molecule has 2 heterocycles. The van der Waals surface area contributed by atoms with Crippen LogP contribution in [0.25, 0.3) is 0 Å². The second kappa shape index (κ2) is 6.25. The molecule has 8 heteroatoms. The number of hydrogen-bond donors (Lipinski definition) is 2. The number of ether oxygens (including phenoxy) is 3. The van der Waals surface area contributed by atoms with Crippen molar-refractivity contribution in [2.24, 2.45) is 5.73 Å². The van der Waals surface area contributed by atoms with Crippen molar-refractivity contribution in [1.82, 2.24) is 4.98 Å². The fourth-order valence-corrected chi connectivity index (χ4v) is 3.08. The SMILES string of the molecule is COc1nc(Cl)cc2c1Oc1ccc(Br)cc1[C@H]2COC(=N)N. The number of fused-ring (bicyclic) bond motifs is 2. The first kappa shape index (κ1) is 15.9. The summed E-state index contributed by atoms with van der Waals surface area (Å²) in [5.74, 6) is 1.24. The Labute approximate surface area is 146 Å². The van der Waals surface area contributed by atoms with E-state index in [0.29, 0.717) is 17.4 Å². The molecule has 23 heavy (non-hydrogen) atoms. The van der Waals surface area contributed by atoms with Crippen LogP contribution in [0.3, 0.4) is 0 Å². The lowest BCUT2D eigenvalue weighted by Gasteiger charge is -2.28. The highest BCUT2D eigenvalue weighted by molar-refractivity contribution is 9.10. The van der Waals surface area contributed by atoms with E-state index in [9.17, 15) is 0 Å². The van der Waals surface area contributed by atoms with E-state index in [4.69, 9.17) is 37.0 Å². The standard InChI is InChI=1S/C15H13BrClN3O3/c1-21-14-13-9(5-12(17)20-14)10(6-22-15(18)19)8-4-7(16)2-3-11(8)23-13/h2-5,10H,6H2,1H3,(H3,18,19)/t10-/m1/s1. The summed E-state index contributed by atoms with van der Waals surface area (Å²) in [6, 6.07) is 7.02. The molecule has 1 aromatic carbocycles. The van der Waals surface area contributed by atoms with Crippen LogP contribution in [0.5, 0.6) is 17.4 Å². The Morgan fingerprint density at radius 1 is 1.43 bits per heavy atom. The van der Waals surface area contributed by atoms with E-state index in [1.807, 2.05) is 18.2 Å². The van der Waals surface area contributed by atoms with Gasteiger partial charge in [-0.15, -0.1) is 0 Å². The molecule has 0 spiro atoms. The van der Waals surface area contributed by atoms with Crippen LogP contribution in [-0.4, -0.2) is 24.7 Å². The third kappa shape index (κ3) is 3.07. The molecule has 1 aliphatic heterocycles. The summed E-state index contributed by atoms with van der Waals surface area (Å²) in [5, 5.41) is 7.58. The number of hydrogen-bond acceptors (Lipinski definition) is 5. The lowest BCUT2D eigenvalue weighted by Crippen LogP contribution is -2.22. The maximum Gasteiger partial charge on any atom is 0.279 e. The minimum Gasteiger partial charge on any atom is -0.478 e. The number of nitrogens with zero attached hydrogens (tertiary/aromatic N) is 1. The molecule has 6 nitrogen and oxygen atoms in total. The zero-order valence-electron chi connectivity index (χ0n) is 12.1. The normalized spacial score (nSPS) is 15.2. The van der Waals surface area contributed by atoms with E-state index in [1.54, 1.807) is 6.07 Å². The monoisotopic (exact) mass is 397 g/mol. The second-order valence-corrected chi connectivity index (χ2v) is 6.19. The van der Waals surface area contributed by atoms with Crippen molar-refractivity contribution in [3.8, 4) is 17.4 Å². The predicted octanol–water partition coefficient (Wildman–Crippen LogP) is 3.65. The Hall–Kier alpha value is -1.99. The Morgan fingerprint density at radius 2 is 2.22 bits per heavy atom. The molecule has 1 aromatic heterocycles. The molecule has 1 aliphatic rings. The molecule has 0 amide bonds. The van der Waals surface area contributed by atoms with Gasteiger partial charge in [0, 0.05) is 15.6 Å². The molecule has 0 fully saturated rings. The first-order valence-corrected chi connectivity index (χ1v) is 7.85. The molecule has 0 bridgehead atoms. The molecule has 0 saturated carbocycles. The van der Waals surface area contributed by atoms with Gasteiger partial charge in [-0.05, 0) is 24.3 Å². The lowest BCUT2D eigenvalue weighted by atomic mass is 9.89. The van der Waals surface area contributed by atoms with Crippen molar-refractivity contribution in [3.05, 3.63) is 45.0 Å². The number of rotatable bonds is 3. The van der Waals surface area contributed by atoms with Crippen molar-refractivity contribution >= 4 is 33.6 Å². The van der Waals surface area contributed by atoms with E-state index < -0.39 is 0 Å². The second-order valence-electron chi connectivity index (χ2n) is 4.88. The fraction of sp³-hybridized carbons (Fsp3) is 0.200. The van der Waals surface area contributed by atoms with Gasteiger partial charge in [-0.25, -0.2) is 0 Å². The maximum atomic E-state index is 7.30. The van der Waals surface area contributed by atoms with E-state index in [0.717, 1.165) is 15.6 Å². The van der Waals surface area contributed by atoms with Gasteiger partial charge < -0.3 is 19.9 Å². The van der Waals surface area contributed by atoms with Crippen LogP contribution in [0.1, 0.15) is 17.0 Å². The minimum atomic E-state index is -0.346. The van der Waals surface area contributed by atoms with Crippen molar-refractivity contribution in [1.29, 1.82) is 5.41 Å². The van der Waals surface area contributed by atoms with Gasteiger partial charge in [0.05, 0.1) is 13.0 Å². The largest absolute Gasteiger partial charge is 0.478 e. The summed E-state index contributed by atoms with van der Waals surface area (Å²) >= 11 is 9.54. The molecule has 2 aromatic rings. The number of pyridine rings is 1. The average Bonchev–Trinajstić information content (AvgIpc) is 2.51. The lowest BCUT2D eigenvalue weighted by molar-refractivity contribution is 0.271. The van der Waals surface area contributed by atoms with E-state index in [-0.39, 0.29) is 23.7 Å². The molecule has 120 valence electrons. The molecule has 0 radical (unpaired) electrons. The first-order valence-electron chi connectivity index (χ1n) is 6.68. The van der Waals surface area contributed by atoms with Crippen LogP contribution in [-0.2, 0) is 4.74 Å². The molecule has 1 atom stereocenters. The third-order valence-corrected chi connectivity index (χ3v) is 4.16. The number of nitrogens with one attached hydrogen (secondary N) is 1. The minimum absolute atomic E-state index is 0.179. The van der Waals surface area contributed by atoms with Crippen molar-refractivity contribution in [2.75, 3.05) is 13.7 Å². The van der Waals surface area contributed by atoms with Gasteiger partial charge in [-0.1, -0.05) is 27.5 Å². The Morgan fingerprint density at radius 3 is 2.91 bits per heavy atom. The van der Waals surface area contributed by atoms with Crippen molar-refractivity contribution in [3.63, 3.8) is 0 Å². The quantitative estimate of drug-likeness (QED) is 0.468. The first-order chi connectivity index (χ1) is 11.0. The van der Waals surface area contributed by atoms with Gasteiger partial charge >= 0.3 is 0 Å². The van der Waals surface area contributed by atoms with Gasteiger partial charge in [0.25, 0.3) is 11.9 Å². The summed E-state index contributed by atoms with van der Waals surface area (Å²) in [4.78, 5) is 4.13. The Balaban J connectivity index is 2.15. The van der Waals surface area contributed by atoms with Gasteiger partial charge in [0.1, 0.15) is 17.5 Å². The smallest absolute Gasteiger partial charge is 0.279 e. The highest BCUT2D eigenvalue weighted by atomic mass is 79.9. The van der Waals surface area contributed by atoms with E-state index in [1.165, 1.54) is 7.11 Å². The highest BCUT2D eigenvalue weighted by Crippen LogP contribution is 2.49. The van der Waals surface area contributed by atoms with Crippen LogP contribution in [0, 0.1) is 5.41 Å². The topological polar surface area (TPSA) is 90.5 Å². The van der Waals surface area contributed by atoms with Gasteiger partial charge in [0.15, 0.2) is 5.75 Å². The molecule has 0 unspecified atom stereocenters. The number of amidine groups is 1. The Bertz CT molecular complexity index is 785. The highest BCUT2D eigenvalue weighted by Gasteiger charge is 2.32. The van der Waals surface area contributed by atoms with Crippen molar-refractivity contribution < 1.29 is 14.2 Å². The average molecular weight is 399 g/mol. The van der Waals surface area contributed by atoms with Gasteiger partial charge in [-0.2, -0.15) is 4.98 Å². The molecular formula is C15H13BrClN3O3. The fourth-order valence-electron chi connectivity index (χ4n) is 2.51. The molecule has 0 saturated heterocycles. The number of halogens is 2. The van der Waals surface area contributed by atoms with Crippen LogP contribution in [0.15, 0.2) is 28.7 Å². The zero-order valence-corrected chi connectivity index (χ0v) is 14.4. The van der Waals surface area contributed by atoms with Gasteiger partial charge in [-0.3, -0.25) is 5.41 Å². The number of methoxy groups -OCH3 is 1. The third-order valence-electron chi connectivity index (χ3n) is 3.47. The van der Waals surface area contributed by atoms with Crippen LogP contribution < -0.4 is 15.2 Å². The summed E-state index contributed by atoms with van der Waals surface area (Å²) in [7, 11) is 1.50. The Kier molecular flexibility index (Phi) is 4.32. The summed E-state index contributed by atoms with van der Waals surface area (Å²) in [5.41, 5.74) is 7.00.